The first-order chi connectivity index (χ1) is 15.6. The van der Waals surface area contributed by atoms with Gasteiger partial charge in [0.1, 0.15) is 5.75 Å². The van der Waals surface area contributed by atoms with Gasteiger partial charge in [0.25, 0.3) is 5.56 Å². The van der Waals surface area contributed by atoms with Gasteiger partial charge in [-0.3, -0.25) is 4.79 Å². The van der Waals surface area contributed by atoms with Crippen LogP contribution >= 0.6 is 0 Å². The molecule has 4 aromatic rings. The Hall–Kier alpha value is -2.79. The average Bonchev–Trinajstić information content (AvgIpc) is 3.11. The molecule has 0 bridgehead atoms. The maximum absolute atomic E-state index is 12.8. The highest BCUT2D eigenvalue weighted by Crippen LogP contribution is 2.36. The molecule has 5 rings (SSSR count). The molecule has 5 nitrogen and oxygen atoms in total. The summed E-state index contributed by atoms with van der Waals surface area (Å²) in [6, 6.07) is 14.1. The molecule has 1 saturated heterocycles. The van der Waals surface area contributed by atoms with Crippen LogP contribution in [-0.4, -0.2) is 40.7 Å². The van der Waals surface area contributed by atoms with Crippen molar-refractivity contribution >= 4 is 32.7 Å². The van der Waals surface area contributed by atoms with Crippen LogP contribution < -0.4 is 10.3 Å². The third kappa shape index (κ3) is 3.90. The Labute approximate surface area is 189 Å². The summed E-state index contributed by atoms with van der Waals surface area (Å²) in [6.07, 6.45) is 5.04. The maximum Gasteiger partial charge on any atom is 0.256 e. The largest absolute Gasteiger partial charge is 0.491 e. The second kappa shape index (κ2) is 8.99. The normalized spacial score (nSPS) is 15.3. The van der Waals surface area contributed by atoms with Crippen molar-refractivity contribution in [2.75, 3.05) is 26.2 Å². The summed E-state index contributed by atoms with van der Waals surface area (Å²) in [4.78, 5) is 18.5. The second-order valence-electron chi connectivity index (χ2n) is 9.48. The molecular weight excluding hydrogens is 398 g/mol. The molecule has 0 spiro atoms. The molecule has 3 heterocycles. The predicted octanol–water partition coefficient (Wildman–Crippen LogP) is 5.55. The fourth-order valence-electron chi connectivity index (χ4n) is 5.17. The number of para-hydroxylation sites is 1. The Morgan fingerprint density at radius 1 is 0.938 bits per heavy atom. The number of hydrogen-bond acceptors (Lipinski definition) is 3. The first-order valence-corrected chi connectivity index (χ1v) is 12.0. The number of ether oxygens (including phenoxy) is 1. The molecule has 0 amide bonds. The summed E-state index contributed by atoms with van der Waals surface area (Å²) in [7, 11) is 0. The van der Waals surface area contributed by atoms with Gasteiger partial charge in [-0.1, -0.05) is 50.6 Å². The van der Waals surface area contributed by atoms with E-state index in [9.17, 15) is 4.79 Å². The van der Waals surface area contributed by atoms with Crippen molar-refractivity contribution in [3.63, 3.8) is 0 Å². The van der Waals surface area contributed by atoms with E-state index in [0.29, 0.717) is 12.5 Å². The number of H-pyrrole nitrogens is 1. The van der Waals surface area contributed by atoms with E-state index in [0.717, 1.165) is 58.0 Å². The standard InChI is InChI=1S/C27H33N3O2/c1-19(2)18-30-25-22(24-26(30)20-10-4-5-11-21(20)27(31)28-24)12-8-13-23(25)32-17-9-16-29-14-6-3-7-15-29/h4-5,8,10-13,19H,3,6-7,9,14-18H2,1-2H3,(H,28,31). The lowest BCUT2D eigenvalue weighted by Gasteiger charge is -2.26. The number of aromatic nitrogens is 2. The zero-order chi connectivity index (χ0) is 22.1. The number of benzene rings is 2. The van der Waals surface area contributed by atoms with Gasteiger partial charge in [0, 0.05) is 29.2 Å². The van der Waals surface area contributed by atoms with Crippen molar-refractivity contribution in [1.82, 2.24) is 14.5 Å². The van der Waals surface area contributed by atoms with Gasteiger partial charge >= 0.3 is 0 Å². The van der Waals surface area contributed by atoms with E-state index in [1.165, 1.54) is 32.4 Å². The van der Waals surface area contributed by atoms with E-state index in [1.807, 2.05) is 24.3 Å². The highest BCUT2D eigenvalue weighted by Gasteiger charge is 2.19. The molecular formula is C27H33N3O2. The summed E-state index contributed by atoms with van der Waals surface area (Å²) >= 11 is 0. The number of aromatic amines is 1. The summed E-state index contributed by atoms with van der Waals surface area (Å²) in [5.74, 6) is 1.37. The van der Waals surface area contributed by atoms with Crippen LogP contribution in [0.1, 0.15) is 39.5 Å². The molecule has 0 aliphatic carbocycles. The van der Waals surface area contributed by atoms with E-state index in [-0.39, 0.29) is 5.56 Å². The minimum Gasteiger partial charge on any atom is -0.491 e. The monoisotopic (exact) mass is 431 g/mol. The molecule has 1 aliphatic rings. The Morgan fingerprint density at radius 3 is 2.47 bits per heavy atom. The number of rotatable bonds is 7. The minimum absolute atomic E-state index is 0.0375. The predicted molar refractivity (Wildman–Crippen MR) is 133 cm³/mol. The summed E-state index contributed by atoms with van der Waals surface area (Å²) in [6.45, 7) is 9.57. The van der Waals surface area contributed by atoms with Crippen molar-refractivity contribution in [2.24, 2.45) is 5.92 Å². The molecule has 2 aromatic carbocycles. The molecule has 168 valence electrons. The smallest absolute Gasteiger partial charge is 0.256 e. The van der Waals surface area contributed by atoms with Crippen molar-refractivity contribution in [3.8, 4) is 5.75 Å². The number of nitrogens with one attached hydrogen (secondary N) is 1. The lowest BCUT2D eigenvalue weighted by Crippen LogP contribution is -2.31. The van der Waals surface area contributed by atoms with Crippen LogP contribution in [0.4, 0.5) is 0 Å². The Bertz CT molecular complexity index is 1300. The van der Waals surface area contributed by atoms with Gasteiger partial charge in [-0.25, -0.2) is 0 Å². The van der Waals surface area contributed by atoms with Crippen LogP contribution in [0.15, 0.2) is 47.3 Å². The van der Waals surface area contributed by atoms with Crippen LogP contribution in [0.2, 0.25) is 0 Å². The topological polar surface area (TPSA) is 50.3 Å². The molecule has 0 atom stereocenters. The highest BCUT2D eigenvalue weighted by molar-refractivity contribution is 6.16. The molecule has 2 aromatic heterocycles. The molecule has 32 heavy (non-hydrogen) atoms. The van der Waals surface area contributed by atoms with Crippen molar-refractivity contribution in [3.05, 3.63) is 52.8 Å². The van der Waals surface area contributed by atoms with E-state index in [4.69, 9.17) is 4.74 Å². The number of piperidine rings is 1. The van der Waals surface area contributed by atoms with Crippen LogP contribution in [-0.2, 0) is 6.54 Å². The third-order valence-electron chi connectivity index (χ3n) is 6.58. The van der Waals surface area contributed by atoms with Gasteiger partial charge in [0.15, 0.2) is 0 Å². The van der Waals surface area contributed by atoms with Crippen LogP contribution in [0.3, 0.4) is 0 Å². The van der Waals surface area contributed by atoms with Crippen molar-refractivity contribution < 1.29 is 4.74 Å². The summed E-state index contributed by atoms with van der Waals surface area (Å²) in [5, 5.41) is 2.79. The highest BCUT2D eigenvalue weighted by atomic mass is 16.5. The molecule has 0 radical (unpaired) electrons. The number of hydrogen-bond donors (Lipinski definition) is 1. The van der Waals surface area contributed by atoms with Crippen LogP contribution in [0.25, 0.3) is 32.7 Å². The quantitative estimate of drug-likeness (QED) is 0.391. The SMILES string of the molecule is CC(C)Cn1c2c(OCCCN3CCCCC3)cccc2c2[nH]c(=O)c3ccccc3c21. The van der Waals surface area contributed by atoms with E-state index < -0.39 is 0 Å². The molecule has 0 unspecified atom stereocenters. The number of pyridine rings is 1. The molecule has 1 aliphatic heterocycles. The lowest BCUT2D eigenvalue weighted by molar-refractivity contribution is 0.205. The first-order valence-electron chi connectivity index (χ1n) is 12.0. The Kier molecular flexibility index (Phi) is 5.92. The Morgan fingerprint density at radius 2 is 1.69 bits per heavy atom. The number of likely N-dealkylation sites (tertiary alicyclic amines) is 1. The number of fused-ring (bicyclic) bond motifs is 5. The average molecular weight is 432 g/mol. The van der Waals surface area contributed by atoms with Crippen LogP contribution in [0, 0.1) is 5.92 Å². The van der Waals surface area contributed by atoms with E-state index >= 15 is 0 Å². The fourth-order valence-corrected chi connectivity index (χ4v) is 5.17. The van der Waals surface area contributed by atoms with Gasteiger partial charge in [-0.05, 0) is 50.4 Å². The molecule has 5 heteroatoms. The van der Waals surface area contributed by atoms with Gasteiger partial charge in [0.2, 0.25) is 0 Å². The first kappa shape index (κ1) is 21.1. The third-order valence-corrected chi connectivity index (χ3v) is 6.58. The van der Waals surface area contributed by atoms with Gasteiger partial charge in [0.05, 0.1) is 23.2 Å². The van der Waals surface area contributed by atoms with Crippen LogP contribution in [0.5, 0.6) is 5.75 Å². The van der Waals surface area contributed by atoms with Gasteiger partial charge in [-0.15, -0.1) is 0 Å². The number of nitrogens with zero attached hydrogens (tertiary/aromatic N) is 2. The molecule has 1 N–H and O–H groups in total. The Balaban J connectivity index is 1.56. The van der Waals surface area contributed by atoms with Gasteiger partial charge < -0.3 is 19.2 Å². The van der Waals surface area contributed by atoms with Gasteiger partial charge in [-0.2, -0.15) is 0 Å². The lowest BCUT2D eigenvalue weighted by atomic mass is 10.1. The molecule has 0 saturated carbocycles. The van der Waals surface area contributed by atoms with Crippen molar-refractivity contribution in [1.29, 1.82) is 0 Å². The maximum atomic E-state index is 12.8. The van der Waals surface area contributed by atoms with E-state index in [1.54, 1.807) is 0 Å². The molecule has 1 fully saturated rings. The van der Waals surface area contributed by atoms with Crippen molar-refractivity contribution in [2.45, 2.75) is 46.1 Å². The summed E-state index contributed by atoms with van der Waals surface area (Å²) < 4.78 is 8.72. The zero-order valence-electron chi connectivity index (χ0n) is 19.2. The zero-order valence-corrected chi connectivity index (χ0v) is 19.2. The van der Waals surface area contributed by atoms with E-state index in [2.05, 4.69) is 46.5 Å². The second-order valence-corrected chi connectivity index (χ2v) is 9.48. The summed E-state index contributed by atoms with van der Waals surface area (Å²) in [5.41, 5.74) is 3.04. The fraction of sp³-hybridized carbons (Fsp3) is 0.444. The minimum atomic E-state index is -0.0375.